The van der Waals surface area contributed by atoms with Crippen LogP contribution in [0.4, 0.5) is 8.78 Å². The standard InChI is InChI=1S/C20H23F2N5O/c1-25-8-5-18(24-25)20-19(15-3-4-16(21)17(22)13-15)23-14-27(20)7-2-6-26-9-11-28-12-10-26/h3-5,8,13-14H,2,6-7,9-12H2,1H3. The first kappa shape index (κ1) is 18.8. The highest BCUT2D eigenvalue weighted by Crippen LogP contribution is 2.31. The summed E-state index contributed by atoms with van der Waals surface area (Å²) in [4.78, 5) is 6.89. The maximum Gasteiger partial charge on any atom is 0.159 e. The molecule has 6 nitrogen and oxygen atoms in total. The third kappa shape index (κ3) is 3.98. The Hall–Kier alpha value is -2.58. The Balaban J connectivity index is 1.60. The lowest BCUT2D eigenvalue weighted by atomic mass is 10.1. The molecule has 0 bridgehead atoms. The van der Waals surface area contributed by atoms with E-state index in [1.54, 1.807) is 17.1 Å². The number of nitrogens with zero attached hydrogens (tertiary/aromatic N) is 5. The fraction of sp³-hybridized carbons (Fsp3) is 0.400. The zero-order valence-electron chi connectivity index (χ0n) is 15.8. The van der Waals surface area contributed by atoms with E-state index in [1.807, 2.05) is 23.9 Å². The molecule has 0 aliphatic carbocycles. The van der Waals surface area contributed by atoms with Gasteiger partial charge in [-0.2, -0.15) is 5.10 Å². The van der Waals surface area contributed by atoms with Crippen LogP contribution in [0.5, 0.6) is 0 Å². The fourth-order valence-electron chi connectivity index (χ4n) is 3.51. The third-order valence-electron chi connectivity index (χ3n) is 4.96. The molecule has 28 heavy (non-hydrogen) atoms. The van der Waals surface area contributed by atoms with Crippen molar-refractivity contribution >= 4 is 0 Å². The molecule has 0 unspecified atom stereocenters. The molecule has 3 heterocycles. The van der Waals surface area contributed by atoms with Crippen LogP contribution in [-0.4, -0.2) is 57.1 Å². The molecule has 1 fully saturated rings. The normalized spacial score (nSPS) is 15.2. The molecule has 0 radical (unpaired) electrons. The van der Waals surface area contributed by atoms with Crippen LogP contribution >= 0.6 is 0 Å². The zero-order valence-corrected chi connectivity index (χ0v) is 15.8. The minimum atomic E-state index is -0.883. The summed E-state index contributed by atoms with van der Waals surface area (Å²) in [7, 11) is 1.85. The number of aryl methyl sites for hydroxylation is 2. The minimum absolute atomic E-state index is 0.534. The van der Waals surface area contributed by atoms with E-state index in [0.29, 0.717) is 11.3 Å². The average Bonchev–Trinajstić information content (AvgIpc) is 3.31. The number of hydrogen-bond acceptors (Lipinski definition) is 4. The molecular formula is C20H23F2N5O. The molecule has 1 saturated heterocycles. The van der Waals surface area contributed by atoms with E-state index in [1.165, 1.54) is 6.07 Å². The zero-order chi connectivity index (χ0) is 19.5. The van der Waals surface area contributed by atoms with Gasteiger partial charge in [0.1, 0.15) is 5.69 Å². The van der Waals surface area contributed by atoms with E-state index in [0.717, 1.165) is 63.3 Å². The molecule has 2 aromatic heterocycles. The topological polar surface area (TPSA) is 48.1 Å². The van der Waals surface area contributed by atoms with Gasteiger partial charge in [0.05, 0.1) is 30.9 Å². The van der Waals surface area contributed by atoms with Crippen molar-refractivity contribution in [2.24, 2.45) is 7.05 Å². The van der Waals surface area contributed by atoms with E-state index in [9.17, 15) is 8.78 Å². The van der Waals surface area contributed by atoms with Crippen molar-refractivity contribution in [1.29, 1.82) is 0 Å². The van der Waals surface area contributed by atoms with Crippen LogP contribution in [0.2, 0.25) is 0 Å². The quantitative estimate of drug-likeness (QED) is 0.653. The number of morpholine rings is 1. The van der Waals surface area contributed by atoms with Crippen molar-refractivity contribution in [2.45, 2.75) is 13.0 Å². The van der Waals surface area contributed by atoms with Gasteiger partial charge in [0, 0.05) is 45.0 Å². The lowest BCUT2D eigenvalue weighted by Gasteiger charge is -2.26. The number of benzene rings is 1. The van der Waals surface area contributed by atoms with Crippen molar-refractivity contribution in [3.63, 3.8) is 0 Å². The van der Waals surface area contributed by atoms with E-state index in [-0.39, 0.29) is 0 Å². The van der Waals surface area contributed by atoms with Crippen molar-refractivity contribution in [2.75, 3.05) is 32.8 Å². The molecule has 1 aliphatic rings. The lowest BCUT2D eigenvalue weighted by Crippen LogP contribution is -2.37. The largest absolute Gasteiger partial charge is 0.379 e. The highest BCUT2D eigenvalue weighted by atomic mass is 19.2. The highest BCUT2D eigenvalue weighted by Gasteiger charge is 2.19. The van der Waals surface area contributed by atoms with Crippen LogP contribution in [-0.2, 0) is 18.3 Å². The number of ether oxygens (including phenoxy) is 1. The molecule has 1 aliphatic heterocycles. The lowest BCUT2D eigenvalue weighted by molar-refractivity contribution is 0.0369. The number of halogens is 2. The van der Waals surface area contributed by atoms with E-state index in [2.05, 4.69) is 15.0 Å². The van der Waals surface area contributed by atoms with Crippen LogP contribution < -0.4 is 0 Å². The summed E-state index contributed by atoms with van der Waals surface area (Å²) < 4.78 is 36.3. The Kier molecular flexibility index (Phi) is 5.50. The van der Waals surface area contributed by atoms with Crippen LogP contribution in [0.25, 0.3) is 22.6 Å². The number of hydrogen-bond donors (Lipinski definition) is 0. The fourth-order valence-corrected chi connectivity index (χ4v) is 3.51. The Bertz CT molecular complexity index is 946. The Morgan fingerprint density at radius 3 is 2.61 bits per heavy atom. The molecule has 3 aromatic rings. The molecule has 0 N–H and O–H groups in total. The SMILES string of the molecule is Cn1ccc(-c2c(-c3ccc(F)c(F)c3)ncn2CCCN2CCOCC2)n1. The Labute approximate surface area is 162 Å². The van der Waals surface area contributed by atoms with Gasteiger partial charge in [-0.25, -0.2) is 13.8 Å². The van der Waals surface area contributed by atoms with Gasteiger partial charge in [-0.15, -0.1) is 0 Å². The average molecular weight is 387 g/mol. The molecule has 1 aromatic carbocycles. The van der Waals surface area contributed by atoms with Gasteiger partial charge >= 0.3 is 0 Å². The summed E-state index contributed by atoms with van der Waals surface area (Å²) >= 11 is 0. The van der Waals surface area contributed by atoms with Gasteiger partial charge < -0.3 is 9.30 Å². The first-order chi connectivity index (χ1) is 13.6. The molecular weight excluding hydrogens is 364 g/mol. The van der Waals surface area contributed by atoms with Crippen LogP contribution in [0.1, 0.15) is 6.42 Å². The monoisotopic (exact) mass is 387 g/mol. The highest BCUT2D eigenvalue weighted by molar-refractivity contribution is 5.76. The Morgan fingerprint density at radius 1 is 1.07 bits per heavy atom. The predicted octanol–water partition coefficient (Wildman–Crippen LogP) is 2.95. The van der Waals surface area contributed by atoms with Crippen molar-refractivity contribution in [1.82, 2.24) is 24.2 Å². The molecule has 0 atom stereocenters. The minimum Gasteiger partial charge on any atom is -0.379 e. The molecule has 4 rings (SSSR count). The van der Waals surface area contributed by atoms with Gasteiger partial charge in [-0.05, 0) is 30.7 Å². The molecule has 0 saturated carbocycles. The van der Waals surface area contributed by atoms with Gasteiger partial charge in [-0.3, -0.25) is 9.58 Å². The van der Waals surface area contributed by atoms with Crippen LogP contribution in [0, 0.1) is 11.6 Å². The number of rotatable bonds is 6. The van der Waals surface area contributed by atoms with Crippen molar-refractivity contribution < 1.29 is 13.5 Å². The first-order valence-corrected chi connectivity index (χ1v) is 9.42. The summed E-state index contributed by atoms with van der Waals surface area (Å²) in [5.41, 5.74) is 2.70. The molecule has 0 spiro atoms. The summed E-state index contributed by atoms with van der Waals surface area (Å²) in [6.45, 7) is 5.22. The van der Waals surface area contributed by atoms with Gasteiger partial charge in [0.25, 0.3) is 0 Å². The van der Waals surface area contributed by atoms with E-state index < -0.39 is 11.6 Å². The molecule has 8 heteroatoms. The Morgan fingerprint density at radius 2 is 1.89 bits per heavy atom. The van der Waals surface area contributed by atoms with Gasteiger partial charge in [0.15, 0.2) is 11.6 Å². The molecule has 0 amide bonds. The van der Waals surface area contributed by atoms with Crippen LogP contribution in [0.3, 0.4) is 0 Å². The first-order valence-electron chi connectivity index (χ1n) is 9.42. The predicted molar refractivity (Wildman–Crippen MR) is 102 cm³/mol. The summed E-state index contributed by atoms with van der Waals surface area (Å²) in [6.07, 6.45) is 4.56. The second kappa shape index (κ2) is 8.20. The number of imidazole rings is 1. The van der Waals surface area contributed by atoms with E-state index >= 15 is 0 Å². The van der Waals surface area contributed by atoms with Crippen molar-refractivity contribution in [3.8, 4) is 22.6 Å². The third-order valence-corrected chi connectivity index (χ3v) is 4.96. The van der Waals surface area contributed by atoms with Gasteiger partial charge in [-0.1, -0.05) is 0 Å². The van der Waals surface area contributed by atoms with E-state index in [4.69, 9.17) is 4.74 Å². The summed E-state index contributed by atoms with van der Waals surface area (Å²) in [6, 6.07) is 5.76. The summed E-state index contributed by atoms with van der Waals surface area (Å²) in [5, 5.41) is 4.50. The number of aromatic nitrogens is 4. The molecule has 148 valence electrons. The second-order valence-electron chi connectivity index (χ2n) is 6.95. The second-order valence-corrected chi connectivity index (χ2v) is 6.95. The smallest absolute Gasteiger partial charge is 0.159 e. The maximum atomic E-state index is 13.8. The van der Waals surface area contributed by atoms with Crippen LogP contribution in [0.15, 0.2) is 36.8 Å². The van der Waals surface area contributed by atoms with Gasteiger partial charge in [0.2, 0.25) is 0 Å². The maximum absolute atomic E-state index is 13.8. The summed E-state index contributed by atoms with van der Waals surface area (Å²) in [5.74, 6) is -1.75. The van der Waals surface area contributed by atoms with Crippen molar-refractivity contribution in [3.05, 3.63) is 48.4 Å².